The number of para-hydroxylation sites is 2. The lowest BCUT2D eigenvalue weighted by Gasteiger charge is -2.11. The molecule has 1 heterocycles. The molecular weight excluding hydrogens is 398 g/mol. The molecule has 0 saturated heterocycles. The van der Waals surface area contributed by atoms with E-state index in [4.69, 9.17) is 4.74 Å². The van der Waals surface area contributed by atoms with Crippen LogP contribution in [0.4, 0.5) is 5.69 Å². The summed E-state index contributed by atoms with van der Waals surface area (Å²) in [6.45, 7) is 0.0772. The molecule has 0 aliphatic carbocycles. The van der Waals surface area contributed by atoms with E-state index in [0.29, 0.717) is 11.5 Å². The summed E-state index contributed by atoms with van der Waals surface area (Å²) < 4.78 is 19.8. The van der Waals surface area contributed by atoms with Crippen LogP contribution in [0.25, 0.3) is 11.0 Å². The fraction of sp³-hybridized carbons (Fsp3) is 0.130. The second-order valence-electron chi connectivity index (χ2n) is 6.68. The SMILES string of the molecule is COc1ccc(NC(=O)Cn2c(CS(=O)c3ccccc3)nc3ccccc32)cc1. The van der Waals surface area contributed by atoms with Crippen molar-refractivity contribution in [2.75, 3.05) is 12.4 Å². The topological polar surface area (TPSA) is 73.2 Å². The molecule has 6 nitrogen and oxygen atoms in total. The number of nitrogens with one attached hydrogen (secondary N) is 1. The van der Waals surface area contributed by atoms with Gasteiger partial charge in [-0.25, -0.2) is 4.98 Å². The van der Waals surface area contributed by atoms with Gasteiger partial charge in [0, 0.05) is 10.6 Å². The summed E-state index contributed by atoms with van der Waals surface area (Å²) >= 11 is 0. The number of fused-ring (bicyclic) bond motifs is 1. The van der Waals surface area contributed by atoms with Crippen LogP contribution in [0.5, 0.6) is 5.75 Å². The average Bonchev–Trinajstić information content (AvgIpc) is 3.11. The van der Waals surface area contributed by atoms with E-state index in [1.807, 2.05) is 59.2 Å². The van der Waals surface area contributed by atoms with Crippen LogP contribution in [0.3, 0.4) is 0 Å². The minimum absolute atomic E-state index is 0.0772. The van der Waals surface area contributed by atoms with Crippen LogP contribution in [-0.4, -0.2) is 26.8 Å². The molecule has 0 spiro atoms. The Hall–Kier alpha value is -3.45. The molecule has 3 aromatic carbocycles. The second-order valence-corrected chi connectivity index (χ2v) is 8.13. The molecule has 1 aromatic heterocycles. The number of benzene rings is 3. The van der Waals surface area contributed by atoms with Crippen molar-refractivity contribution in [3.05, 3.63) is 84.7 Å². The Bertz CT molecular complexity index is 1190. The van der Waals surface area contributed by atoms with E-state index in [-0.39, 0.29) is 18.2 Å². The highest BCUT2D eigenvalue weighted by molar-refractivity contribution is 7.84. The van der Waals surface area contributed by atoms with Crippen LogP contribution in [0.2, 0.25) is 0 Å². The predicted octanol–water partition coefficient (Wildman–Crippen LogP) is 3.99. The molecule has 1 N–H and O–H groups in total. The third-order valence-electron chi connectivity index (χ3n) is 4.68. The van der Waals surface area contributed by atoms with Gasteiger partial charge in [0.25, 0.3) is 0 Å². The van der Waals surface area contributed by atoms with Gasteiger partial charge in [0.1, 0.15) is 18.1 Å². The predicted molar refractivity (Wildman–Crippen MR) is 118 cm³/mol. The fourth-order valence-electron chi connectivity index (χ4n) is 3.20. The normalized spacial score (nSPS) is 11.9. The summed E-state index contributed by atoms with van der Waals surface area (Å²) in [5.74, 6) is 1.38. The van der Waals surface area contributed by atoms with Crippen molar-refractivity contribution in [3.8, 4) is 5.75 Å². The van der Waals surface area contributed by atoms with E-state index < -0.39 is 10.8 Å². The number of carbonyl (C=O) groups excluding carboxylic acids is 1. The number of carbonyl (C=O) groups is 1. The molecule has 0 saturated carbocycles. The van der Waals surface area contributed by atoms with Gasteiger partial charge in [-0.1, -0.05) is 30.3 Å². The van der Waals surface area contributed by atoms with Gasteiger partial charge in [0.2, 0.25) is 5.91 Å². The summed E-state index contributed by atoms with van der Waals surface area (Å²) in [5, 5.41) is 2.89. The summed E-state index contributed by atoms with van der Waals surface area (Å²) in [7, 11) is 0.339. The molecule has 7 heteroatoms. The van der Waals surface area contributed by atoms with E-state index >= 15 is 0 Å². The number of anilines is 1. The van der Waals surface area contributed by atoms with Crippen molar-refractivity contribution in [3.63, 3.8) is 0 Å². The Morgan fingerprint density at radius 1 is 1.00 bits per heavy atom. The van der Waals surface area contributed by atoms with Gasteiger partial charge in [-0.15, -0.1) is 0 Å². The van der Waals surface area contributed by atoms with Gasteiger partial charge in [0.15, 0.2) is 0 Å². The van der Waals surface area contributed by atoms with Crippen molar-refractivity contribution in [2.24, 2.45) is 0 Å². The van der Waals surface area contributed by atoms with Crippen LogP contribution in [0.15, 0.2) is 83.8 Å². The van der Waals surface area contributed by atoms with Crippen LogP contribution in [0, 0.1) is 0 Å². The Labute approximate surface area is 177 Å². The lowest BCUT2D eigenvalue weighted by Crippen LogP contribution is -2.20. The molecule has 152 valence electrons. The zero-order valence-electron chi connectivity index (χ0n) is 16.4. The van der Waals surface area contributed by atoms with E-state index in [0.717, 1.165) is 21.7 Å². The number of aromatic nitrogens is 2. The maximum absolute atomic E-state index is 12.8. The molecular formula is C23H21N3O3S. The third-order valence-corrected chi connectivity index (χ3v) is 5.99. The van der Waals surface area contributed by atoms with Crippen LogP contribution < -0.4 is 10.1 Å². The minimum Gasteiger partial charge on any atom is -0.497 e. The van der Waals surface area contributed by atoms with Crippen molar-refractivity contribution in [1.82, 2.24) is 9.55 Å². The quantitative estimate of drug-likeness (QED) is 0.492. The number of amides is 1. The largest absolute Gasteiger partial charge is 0.497 e. The number of hydrogen-bond acceptors (Lipinski definition) is 4. The zero-order chi connectivity index (χ0) is 20.9. The molecule has 0 fully saturated rings. The Morgan fingerprint density at radius 3 is 2.43 bits per heavy atom. The van der Waals surface area contributed by atoms with E-state index in [9.17, 15) is 9.00 Å². The van der Waals surface area contributed by atoms with Crippen LogP contribution >= 0.6 is 0 Å². The van der Waals surface area contributed by atoms with Crippen molar-refractivity contribution in [1.29, 1.82) is 0 Å². The molecule has 0 aliphatic heterocycles. The maximum Gasteiger partial charge on any atom is 0.244 e. The van der Waals surface area contributed by atoms with Crippen molar-refractivity contribution >= 4 is 33.4 Å². The number of imidazole rings is 1. The molecule has 0 radical (unpaired) electrons. The van der Waals surface area contributed by atoms with Gasteiger partial charge < -0.3 is 14.6 Å². The summed E-state index contributed by atoms with van der Waals surface area (Å²) in [5.41, 5.74) is 2.29. The number of methoxy groups -OCH3 is 1. The Kier molecular flexibility index (Phi) is 5.90. The first-order valence-electron chi connectivity index (χ1n) is 9.45. The zero-order valence-corrected chi connectivity index (χ0v) is 17.3. The second kappa shape index (κ2) is 8.92. The van der Waals surface area contributed by atoms with Crippen molar-refractivity contribution in [2.45, 2.75) is 17.2 Å². The molecule has 4 aromatic rings. The highest BCUT2D eigenvalue weighted by Crippen LogP contribution is 2.20. The standard InChI is InChI=1S/C23H21N3O3S/c1-29-18-13-11-17(12-14-18)24-23(27)15-26-21-10-6-5-9-20(21)25-22(26)16-30(28)19-7-3-2-4-8-19/h2-14H,15-16H2,1H3,(H,24,27). The molecule has 1 amide bonds. The van der Waals surface area contributed by atoms with Gasteiger partial charge in [0.05, 0.1) is 34.7 Å². The monoisotopic (exact) mass is 419 g/mol. The molecule has 4 rings (SSSR count). The first-order valence-corrected chi connectivity index (χ1v) is 10.8. The Morgan fingerprint density at radius 2 is 1.70 bits per heavy atom. The van der Waals surface area contributed by atoms with Gasteiger partial charge in [-0.05, 0) is 48.5 Å². The summed E-state index contributed by atoms with van der Waals surface area (Å²) in [6, 6.07) is 24.0. The summed E-state index contributed by atoms with van der Waals surface area (Å²) in [6.07, 6.45) is 0. The maximum atomic E-state index is 12.8. The summed E-state index contributed by atoms with van der Waals surface area (Å²) in [4.78, 5) is 18.1. The van der Waals surface area contributed by atoms with Gasteiger partial charge >= 0.3 is 0 Å². The average molecular weight is 420 g/mol. The van der Waals surface area contributed by atoms with Gasteiger partial charge in [-0.2, -0.15) is 0 Å². The number of hydrogen-bond donors (Lipinski definition) is 1. The molecule has 30 heavy (non-hydrogen) atoms. The van der Waals surface area contributed by atoms with Crippen molar-refractivity contribution < 1.29 is 13.7 Å². The smallest absolute Gasteiger partial charge is 0.244 e. The van der Waals surface area contributed by atoms with Gasteiger partial charge in [-0.3, -0.25) is 9.00 Å². The fourth-order valence-corrected chi connectivity index (χ4v) is 4.29. The first kappa shape index (κ1) is 19.8. The van der Waals surface area contributed by atoms with Crippen LogP contribution in [-0.2, 0) is 27.9 Å². The molecule has 0 bridgehead atoms. The minimum atomic E-state index is -1.26. The lowest BCUT2D eigenvalue weighted by atomic mass is 10.3. The van der Waals surface area contributed by atoms with E-state index in [1.54, 1.807) is 31.4 Å². The first-order chi connectivity index (χ1) is 14.6. The molecule has 1 atom stereocenters. The third kappa shape index (κ3) is 4.41. The number of nitrogens with zero attached hydrogens (tertiary/aromatic N) is 2. The highest BCUT2D eigenvalue weighted by Gasteiger charge is 2.16. The lowest BCUT2D eigenvalue weighted by molar-refractivity contribution is -0.116. The Balaban J connectivity index is 1.58. The van der Waals surface area contributed by atoms with Crippen LogP contribution in [0.1, 0.15) is 5.82 Å². The number of ether oxygens (including phenoxy) is 1. The van der Waals surface area contributed by atoms with E-state index in [1.165, 1.54) is 0 Å². The highest BCUT2D eigenvalue weighted by atomic mass is 32.2. The molecule has 1 unspecified atom stereocenters. The number of rotatable bonds is 7. The molecule has 0 aliphatic rings. The van der Waals surface area contributed by atoms with E-state index in [2.05, 4.69) is 10.3 Å².